The minimum absolute atomic E-state index is 0.234. The Morgan fingerprint density at radius 1 is 1.13 bits per heavy atom. The van der Waals surface area contributed by atoms with Crippen LogP contribution in [0, 0.1) is 0 Å². The highest BCUT2D eigenvalue weighted by molar-refractivity contribution is 4.98. The third-order valence-corrected chi connectivity index (χ3v) is 3.54. The molecule has 0 spiro atoms. The second kappa shape index (κ2) is 3.99. The van der Waals surface area contributed by atoms with Crippen LogP contribution in [0.5, 0.6) is 0 Å². The average Bonchev–Trinajstić information content (AvgIpc) is 2.17. The fourth-order valence-corrected chi connectivity index (χ4v) is 2.70. The van der Waals surface area contributed by atoms with Crippen molar-refractivity contribution in [1.82, 2.24) is 10.2 Å². The highest BCUT2D eigenvalue weighted by Gasteiger charge is 2.45. The molecule has 0 radical (unpaired) electrons. The molecule has 0 aromatic carbocycles. The Labute approximate surface area is 89.7 Å². The zero-order valence-corrected chi connectivity index (χ0v) is 9.17. The Morgan fingerprint density at radius 2 is 1.80 bits per heavy atom. The Morgan fingerprint density at radius 3 is 2.47 bits per heavy atom. The van der Waals surface area contributed by atoms with Crippen molar-refractivity contribution in [3.05, 3.63) is 0 Å². The van der Waals surface area contributed by atoms with Gasteiger partial charge in [0.05, 0.1) is 12.3 Å². The lowest BCUT2D eigenvalue weighted by Gasteiger charge is -2.51. The molecule has 2 saturated heterocycles. The van der Waals surface area contributed by atoms with E-state index in [1.165, 1.54) is 0 Å². The first-order valence-electron chi connectivity index (χ1n) is 5.56. The number of piperidine rings is 1. The van der Waals surface area contributed by atoms with Crippen molar-refractivity contribution in [1.29, 1.82) is 0 Å². The van der Waals surface area contributed by atoms with Crippen LogP contribution in [0.2, 0.25) is 0 Å². The summed E-state index contributed by atoms with van der Waals surface area (Å²) in [7, 11) is 0. The summed E-state index contributed by atoms with van der Waals surface area (Å²) in [5.41, 5.74) is 0. The molecule has 0 amide bonds. The van der Waals surface area contributed by atoms with E-state index in [1.807, 2.05) is 4.90 Å². The standard InChI is InChI=1S/C10H20N2O3/c1-5-3-6(2)12-4-7(13)8(14)9(15)10(12)11-5/h5-11,13-15H,3-4H2,1-2H3/t5-,6+,7+,8-,9+,10+/m0/s1. The molecule has 5 heteroatoms. The van der Waals surface area contributed by atoms with E-state index >= 15 is 0 Å². The molecule has 2 aliphatic rings. The second-order valence-electron chi connectivity index (χ2n) is 4.84. The molecule has 2 fully saturated rings. The number of fused-ring (bicyclic) bond motifs is 1. The third kappa shape index (κ3) is 1.90. The summed E-state index contributed by atoms with van der Waals surface area (Å²) in [6.45, 7) is 4.57. The third-order valence-electron chi connectivity index (χ3n) is 3.54. The van der Waals surface area contributed by atoms with Crippen LogP contribution in [0.25, 0.3) is 0 Å². The lowest BCUT2D eigenvalue weighted by atomic mass is 9.92. The Balaban J connectivity index is 2.15. The van der Waals surface area contributed by atoms with Crippen LogP contribution in [0.3, 0.4) is 0 Å². The van der Waals surface area contributed by atoms with E-state index in [0.29, 0.717) is 18.6 Å². The van der Waals surface area contributed by atoms with Gasteiger partial charge in [-0.2, -0.15) is 0 Å². The predicted octanol–water partition coefficient (Wildman–Crippen LogP) is -1.52. The summed E-state index contributed by atoms with van der Waals surface area (Å²) in [5, 5.41) is 32.3. The molecule has 0 aliphatic carbocycles. The van der Waals surface area contributed by atoms with Gasteiger partial charge in [-0.25, -0.2) is 0 Å². The van der Waals surface area contributed by atoms with Crippen molar-refractivity contribution >= 4 is 0 Å². The van der Waals surface area contributed by atoms with Crippen molar-refractivity contribution < 1.29 is 15.3 Å². The van der Waals surface area contributed by atoms with E-state index < -0.39 is 18.3 Å². The molecular weight excluding hydrogens is 196 g/mol. The van der Waals surface area contributed by atoms with Crippen LogP contribution in [-0.2, 0) is 0 Å². The van der Waals surface area contributed by atoms with Crippen molar-refractivity contribution in [2.75, 3.05) is 6.54 Å². The maximum atomic E-state index is 9.86. The van der Waals surface area contributed by atoms with Gasteiger partial charge in [-0.1, -0.05) is 0 Å². The number of nitrogens with one attached hydrogen (secondary N) is 1. The Bertz CT molecular complexity index is 239. The van der Waals surface area contributed by atoms with Gasteiger partial charge in [0.1, 0.15) is 12.2 Å². The molecule has 4 N–H and O–H groups in total. The molecule has 2 rings (SSSR count). The van der Waals surface area contributed by atoms with E-state index in [4.69, 9.17) is 0 Å². The smallest absolute Gasteiger partial charge is 0.111 e. The molecule has 2 heterocycles. The second-order valence-corrected chi connectivity index (χ2v) is 4.84. The highest BCUT2D eigenvalue weighted by atomic mass is 16.4. The van der Waals surface area contributed by atoms with Gasteiger partial charge in [0, 0.05) is 18.6 Å². The van der Waals surface area contributed by atoms with Crippen LogP contribution in [0.1, 0.15) is 20.3 Å². The van der Waals surface area contributed by atoms with Gasteiger partial charge in [0.25, 0.3) is 0 Å². The van der Waals surface area contributed by atoms with Crippen molar-refractivity contribution in [3.63, 3.8) is 0 Å². The first kappa shape index (κ1) is 11.3. The van der Waals surface area contributed by atoms with E-state index in [2.05, 4.69) is 19.2 Å². The number of nitrogens with zero attached hydrogens (tertiary/aromatic N) is 1. The normalized spacial score (nSPS) is 52.6. The van der Waals surface area contributed by atoms with E-state index in [-0.39, 0.29) is 6.17 Å². The van der Waals surface area contributed by atoms with Gasteiger partial charge in [-0.05, 0) is 20.3 Å². The topological polar surface area (TPSA) is 76.0 Å². The van der Waals surface area contributed by atoms with Crippen LogP contribution >= 0.6 is 0 Å². The minimum atomic E-state index is -1.05. The monoisotopic (exact) mass is 216 g/mol. The van der Waals surface area contributed by atoms with Crippen molar-refractivity contribution in [3.8, 4) is 0 Å². The van der Waals surface area contributed by atoms with Crippen LogP contribution in [0.4, 0.5) is 0 Å². The number of rotatable bonds is 0. The summed E-state index contributed by atoms with van der Waals surface area (Å²) >= 11 is 0. The fourth-order valence-electron chi connectivity index (χ4n) is 2.70. The lowest BCUT2D eigenvalue weighted by Crippen LogP contribution is -2.71. The molecule has 6 atom stereocenters. The maximum absolute atomic E-state index is 9.86. The summed E-state index contributed by atoms with van der Waals surface area (Å²) in [6.07, 6.45) is -2.06. The molecule has 0 aromatic rings. The van der Waals surface area contributed by atoms with Crippen molar-refractivity contribution in [2.45, 2.75) is 56.8 Å². The van der Waals surface area contributed by atoms with E-state index in [1.54, 1.807) is 0 Å². The minimum Gasteiger partial charge on any atom is -0.389 e. The van der Waals surface area contributed by atoms with Crippen LogP contribution < -0.4 is 5.32 Å². The fraction of sp³-hybridized carbons (Fsp3) is 1.00. The summed E-state index contributed by atoms with van der Waals surface area (Å²) < 4.78 is 0. The zero-order valence-electron chi connectivity index (χ0n) is 9.17. The number of aliphatic hydroxyl groups is 3. The number of hydrogen-bond donors (Lipinski definition) is 4. The van der Waals surface area contributed by atoms with Gasteiger partial charge >= 0.3 is 0 Å². The molecule has 0 saturated carbocycles. The summed E-state index contributed by atoms with van der Waals surface area (Å²) in [6, 6.07) is 0.654. The molecule has 88 valence electrons. The SMILES string of the molecule is C[C@@H]1C[C@H](C)N[C@H]2[C@H](O)[C@@H](O)[C@H](O)CN12. The number of aliphatic hydroxyl groups excluding tert-OH is 3. The first-order chi connectivity index (χ1) is 7.00. The molecular formula is C10H20N2O3. The highest BCUT2D eigenvalue weighted by Crippen LogP contribution is 2.25. The van der Waals surface area contributed by atoms with Gasteiger partial charge in [-0.3, -0.25) is 10.2 Å². The van der Waals surface area contributed by atoms with Crippen LogP contribution in [-0.4, -0.2) is 63.3 Å². The van der Waals surface area contributed by atoms with Gasteiger partial charge < -0.3 is 15.3 Å². The number of hydrogen-bond acceptors (Lipinski definition) is 5. The van der Waals surface area contributed by atoms with Crippen molar-refractivity contribution in [2.24, 2.45) is 0 Å². The molecule has 2 aliphatic heterocycles. The Kier molecular flexibility index (Phi) is 3.00. The average molecular weight is 216 g/mol. The molecule has 15 heavy (non-hydrogen) atoms. The van der Waals surface area contributed by atoms with E-state index in [9.17, 15) is 15.3 Å². The van der Waals surface area contributed by atoms with Gasteiger partial charge in [-0.15, -0.1) is 0 Å². The Hall–Kier alpha value is -0.200. The zero-order chi connectivity index (χ0) is 11.2. The first-order valence-corrected chi connectivity index (χ1v) is 5.56. The molecule has 0 bridgehead atoms. The quantitative estimate of drug-likeness (QED) is 0.396. The van der Waals surface area contributed by atoms with E-state index in [0.717, 1.165) is 6.42 Å². The predicted molar refractivity (Wildman–Crippen MR) is 55.2 cm³/mol. The maximum Gasteiger partial charge on any atom is 0.111 e. The molecule has 0 unspecified atom stereocenters. The summed E-state index contributed by atoms with van der Waals surface area (Å²) in [4.78, 5) is 2.03. The van der Waals surface area contributed by atoms with Gasteiger partial charge in [0.15, 0.2) is 0 Å². The van der Waals surface area contributed by atoms with Gasteiger partial charge in [0.2, 0.25) is 0 Å². The summed E-state index contributed by atoms with van der Waals surface area (Å²) in [5.74, 6) is 0. The largest absolute Gasteiger partial charge is 0.389 e. The molecule has 0 aromatic heterocycles. The lowest BCUT2D eigenvalue weighted by molar-refractivity contribution is -0.164. The molecule has 5 nitrogen and oxygen atoms in total. The van der Waals surface area contributed by atoms with Crippen LogP contribution in [0.15, 0.2) is 0 Å².